The van der Waals surface area contributed by atoms with Crippen molar-refractivity contribution < 1.29 is 13.6 Å². The third-order valence-corrected chi connectivity index (χ3v) is 2.53. The number of carbonyl (C=O) groups is 1. The lowest BCUT2D eigenvalue weighted by Gasteiger charge is -2.00. The van der Waals surface area contributed by atoms with Crippen molar-refractivity contribution in [3.05, 3.63) is 64.9 Å². The molecule has 2 rings (SSSR count). The highest BCUT2D eigenvalue weighted by molar-refractivity contribution is 6.14. The molecule has 0 atom stereocenters. The van der Waals surface area contributed by atoms with E-state index in [1.165, 1.54) is 24.3 Å². The zero-order chi connectivity index (χ0) is 13.8. The van der Waals surface area contributed by atoms with Gasteiger partial charge in [-0.25, -0.2) is 4.39 Å². The third-order valence-electron chi connectivity index (χ3n) is 2.53. The van der Waals surface area contributed by atoms with Crippen LogP contribution in [0.2, 0.25) is 0 Å². The van der Waals surface area contributed by atoms with Gasteiger partial charge in [0.1, 0.15) is 29.0 Å². The number of furan rings is 1. The first-order chi connectivity index (χ1) is 9.11. The SMILES string of the molecule is Cc1ccc(/C=C(\C#N)C(=O)c2ccccc2F)o1. The summed E-state index contributed by atoms with van der Waals surface area (Å²) in [6.45, 7) is 1.75. The molecule has 1 aromatic carbocycles. The summed E-state index contributed by atoms with van der Waals surface area (Å²) in [4.78, 5) is 12.0. The minimum atomic E-state index is -0.658. The third kappa shape index (κ3) is 2.78. The molecule has 0 amide bonds. The van der Waals surface area contributed by atoms with Crippen molar-refractivity contribution in [1.82, 2.24) is 0 Å². The molecule has 94 valence electrons. The summed E-state index contributed by atoms with van der Waals surface area (Å²) in [7, 11) is 0. The number of aryl methyl sites for hydroxylation is 1. The van der Waals surface area contributed by atoms with Crippen LogP contribution in [0.4, 0.5) is 4.39 Å². The van der Waals surface area contributed by atoms with Crippen molar-refractivity contribution in [2.24, 2.45) is 0 Å². The van der Waals surface area contributed by atoms with E-state index >= 15 is 0 Å². The lowest BCUT2D eigenvalue weighted by molar-refractivity contribution is 0.103. The highest BCUT2D eigenvalue weighted by Crippen LogP contribution is 2.16. The molecule has 2 aromatic rings. The smallest absolute Gasteiger partial charge is 0.206 e. The number of Topliss-reactive ketones (excluding diaryl/α,β-unsaturated/α-hetero) is 1. The average molecular weight is 255 g/mol. The normalized spacial score (nSPS) is 11.1. The van der Waals surface area contributed by atoms with E-state index in [1.807, 2.05) is 0 Å². The van der Waals surface area contributed by atoms with Gasteiger partial charge >= 0.3 is 0 Å². The minimum Gasteiger partial charge on any atom is -0.462 e. The molecule has 19 heavy (non-hydrogen) atoms. The van der Waals surface area contributed by atoms with Crippen LogP contribution in [-0.4, -0.2) is 5.78 Å². The molecule has 0 saturated carbocycles. The van der Waals surface area contributed by atoms with E-state index in [-0.39, 0.29) is 11.1 Å². The summed E-state index contributed by atoms with van der Waals surface area (Å²) in [5.74, 6) is -0.250. The van der Waals surface area contributed by atoms with Crippen molar-refractivity contribution in [2.45, 2.75) is 6.92 Å². The fraction of sp³-hybridized carbons (Fsp3) is 0.0667. The Bertz CT molecular complexity index is 692. The zero-order valence-electron chi connectivity index (χ0n) is 10.2. The number of nitrogens with zero attached hydrogens (tertiary/aromatic N) is 1. The molecule has 0 aliphatic heterocycles. The van der Waals surface area contributed by atoms with Gasteiger partial charge in [0.15, 0.2) is 0 Å². The molecule has 0 radical (unpaired) electrons. The molecular formula is C15H10FNO2. The standard InChI is InChI=1S/C15H10FNO2/c1-10-6-7-12(19-10)8-11(9-17)15(18)13-4-2-3-5-14(13)16/h2-8H,1H3/b11-8+. The van der Waals surface area contributed by atoms with Crippen LogP contribution in [0.5, 0.6) is 0 Å². The molecule has 0 aliphatic rings. The first-order valence-electron chi connectivity index (χ1n) is 5.59. The molecule has 0 unspecified atom stereocenters. The number of ketones is 1. The van der Waals surface area contributed by atoms with Gasteiger partial charge in [0.25, 0.3) is 0 Å². The van der Waals surface area contributed by atoms with Gasteiger partial charge in [-0.15, -0.1) is 0 Å². The largest absolute Gasteiger partial charge is 0.462 e. The summed E-state index contributed by atoms with van der Waals surface area (Å²) >= 11 is 0. The number of rotatable bonds is 3. The van der Waals surface area contributed by atoms with Gasteiger partial charge in [0, 0.05) is 6.08 Å². The van der Waals surface area contributed by atoms with Gasteiger partial charge in [-0.05, 0) is 31.2 Å². The molecule has 0 saturated heterocycles. The number of nitriles is 1. The van der Waals surface area contributed by atoms with Crippen molar-refractivity contribution >= 4 is 11.9 Å². The molecule has 4 heteroatoms. The fourth-order valence-electron chi connectivity index (χ4n) is 1.61. The van der Waals surface area contributed by atoms with Crippen LogP contribution >= 0.6 is 0 Å². The maximum absolute atomic E-state index is 13.5. The quantitative estimate of drug-likeness (QED) is 0.479. The monoisotopic (exact) mass is 255 g/mol. The zero-order valence-corrected chi connectivity index (χ0v) is 10.2. The fourth-order valence-corrected chi connectivity index (χ4v) is 1.61. The van der Waals surface area contributed by atoms with Crippen LogP contribution in [-0.2, 0) is 0 Å². The summed E-state index contributed by atoms with van der Waals surface area (Å²) in [5, 5.41) is 9.01. The molecule has 0 spiro atoms. The van der Waals surface area contributed by atoms with Crippen molar-refractivity contribution in [2.75, 3.05) is 0 Å². The van der Waals surface area contributed by atoms with E-state index in [1.54, 1.807) is 31.2 Å². The Morgan fingerprint density at radius 1 is 1.32 bits per heavy atom. The summed E-state index contributed by atoms with van der Waals surface area (Å²) in [6.07, 6.45) is 1.31. The maximum atomic E-state index is 13.5. The Kier molecular flexibility index (Phi) is 3.58. The Labute approximate surface area is 109 Å². The molecule has 0 bridgehead atoms. The number of carbonyl (C=O) groups excluding carboxylic acids is 1. The van der Waals surface area contributed by atoms with Crippen LogP contribution in [0.3, 0.4) is 0 Å². The summed E-state index contributed by atoms with van der Waals surface area (Å²) in [5.41, 5.74) is -0.293. The van der Waals surface area contributed by atoms with Gasteiger partial charge in [-0.2, -0.15) is 5.26 Å². The van der Waals surface area contributed by atoms with Crippen molar-refractivity contribution in [3.63, 3.8) is 0 Å². The molecule has 3 nitrogen and oxygen atoms in total. The Morgan fingerprint density at radius 2 is 2.05 bits per heavy atom. The Hall–Kier alpha value is -2.67. The molecule has 1 heterocycles. The van der Waals surface area contributed by atoms with Crippen LogP contribution in [0.25, 0.3) is 6.08 Å². The van der Waals surface area contributed by atoms with Gasteiger partial charge < -0.3 is 4.42 Å². The van der Waals surface area contributed by atoms with Crippen LogP contribution in [0, 0.1) is 24.1 Å². The first-order valence-corrected chi connectivity index (χ1v) is 5.59. The second-order valence-corrected chi connectivity index (χ2v) is 3.93. The minimum absolute atomic E-state index is 0.126. The summed E-state index contributed by atoms with van der Waals surface area (Å²) < 4.78 is 18.8. The van der Waals surface area contributed by atoms with Crippen LogP contribution < -0.4 is 0 Å². The number of hydrogen-bond acceptors (Lipinski definition) is 3. The van der Waals surface area contributed by atoms with E-state index in [0.29, 0.717) is 11.5 Å². The lowest BCUT2D eigenvalue weighted by atomic mass is 10.0. The molecule has 0 fully saturated rings. The maximum Gasteiger partial charge on any atom is 0.206 e. The lowest BCUT2D eigenvalue weighted by Crippen LogP contribution is -2.04. The van der Waals surface area contributed by atoms with E-state index in [0.717, 1.165) is 0 Å². The number of halogens is 1. The van der Waals surface area contributed by atoms with E-state index in [9.17, 15) is 9.18 Å². The molecule has 0 N–H and O–H groups in total. The van der Waals surface area contributed by atoms with E-state index in [4.69, 9.17) is 9.68 Å². The Balaban J connectivity index is 2.39. The highest BCUT2D eigenvalue weighted by atomic mass is 19.1. The van der Waals surface area contributed by atoms with Gasteiger partial charge in [-0.1, -0.05) is 12.1 Å². The van der Waals surface area contributed by atoms with E-state index in [2.05, 4.69) is 0 Å². The molecule has 1 aromatic heterocycles. The number of benzene rings is 1. The highest BCUT2D eigenvalue weighted by Gasteiger charge is 2.16. The van der Waals surface area contributed by atoms with Gasteiger partial charge in [0.2, 0.25) is 5.78 Å². The predicted molar refractivity (Wildman–Crippen MR) is 67.8 cm³/mol. The van der Waals surface area contributed by atoms with Crippen molar-refractivity contribution in [1.29, 1.82) is 5.26 Å². The van der Waals surface area contributed by atoms with Gasteiger partial charge in [-0.3, -0.25) is 4.79 Å². The average Bonchev–Trinajstić information content (AvgIpc) is 2.81. The van der Waals surface area contributed by atoms with Crippen molar-refractivity contribution in [3.8, 4) is 6.07 Å². The number of hydrogen-bond donors (Lipinski definition) is 0. The van der Waals surface area contributed by atoms with Crippen LogP contribution in [0.15, 0.2) is 46.4 Å². The van der Waals surface area contributed by atoms with E-state index < -0.39 is 11.6 Å². The molecule has 0 aliphatic carbocycles. The first kappa shape index (κ1) is 12.8. The number of allylic oxidation sites excluding steroid dienone is 1. The topological polar surface area (TPSA) is 54.0 Å². The summed E-state index contributed by atoms with van der Waals surface area (Å²) in [6, 6.07) is 10.7. The second kappa shape index (κ2) is 5.32. The molecular weight excluding hydrogens is 245 g/mol. The van der Waals surface area contributed by atoms with Crippen LogP contribution in [0.1, 0.15) is 21.9 Å². The predicted octanol–water partition coefficient (Wildman–Crippen LogP) is 3.52. The second-order valence-electron chi connectivity index (χ2n) is 3.93. The van der Waals surface area contributed by atoms with Gasteiger partial charge in [0.05, 0.1) is 5.56 Å². The Morgan fingerprint density at radius 3 is 2.63 bits per heavy atom.